The van der Waals surface area contributed by atoms with Crippen LogP contribution >= 0.6 is 11.6 Å². The summed E-state index contributed by atoms with van der Waals surface area (Å²) in [7, 11) is 0. The smallest absolute Gasteiger partial charge is 0.141 e. The van der Waals surface area contributed by atoms with Gasteiger partial charge in [-0.1, -0.05) is 20.8 Å². The zero-order chi connectivity index (χ0) is 9.15. The van der Waals surface area contributed by atoms with Gasteiger partial charge >= 0.3 is 0 Å². The van der Waals surface area contributed by atoms with Crippen LogP contribution in [0, 0.1) is 16.7 Å². The highest BCUT2D eigenvalue weighted by atomic mass is 35.5. The van der Waals surface area contributed by atoms with Gasteiger partial charge in [-0.25, -0.2) is 0 Å². The number of hydrogen-bond donors (Lipinski definition) is 0. The van der Waals surface area contributed by atoms with E-state index < -0.39 is 0 Å². The third-order valence-electron chi connectivity index (χ3n) is 4.49. The molecule has 0 aromatic rings. The van der Waals surface area contributed by atoms with Crippen LogP contribution in [-0.2, 0) is 4.79 Å². The Bertz CT molecular complexity index is 246. The average Bonchev–Trinajstić information content (AvgIpc) is 2.20. The van der Waals surface area contributed by atoms with E-state index >= 15 is 0 Å². The topological polar surface area (TPSA) is 17.1 Å². The van der Waals surface area contributed by atoms with Gasteiger partial charge in [0.25, 0.3) is 0 Å². The van der Waals surface area contributed by atoms with Crippen molar-refractivity contribution in [2.24, 2.45) is 16.7 Å². The first-order chi connectivity index (χ1) is 5.40. The van der Waals surface area contributed by atoms with E-state index in [1.54, 1.807) is 0 Å². The molecule has 0 N–H and O–H groups in total. The molecule has 1 nitrogen and oxygen atoms in total. The molecule has 0 aliphatic heterocycles. The summed E-state index contributed by atoms with van der Waals surface area (Å²) in [6.45, 7) is 6.41. The fourth-order valence-corrected chi connectivity index (χ4v) is 3.53. The maximum Gasteiger partial charge on any atom is 0.141 e. The van der Waals surface area contributed by atoms with Crippen molar-refractivity contribution < 1.29 is 4.79 Å². The molecule has 2 aliphatic carbocycles. The van der Waals surface area contributed by atoms with E-state index in [4.69, 9.17) is 11.6 Å². The van der Waals surface area contributed by atoms with E-state index in [-0.39, 0.29) is 16.2 Å². The quantitative estimate of drug-likeness (QED) is 0.532. The van der Waals surface area contributed by atoms with Gasteiger partial charge in [-0.05, 0) is 17.8 Å². The lowest BCUT2D eigenvalue weighted by atomic mass is 9.70. The van der Waals surface area contributed by atoms with Crippen molar-refractivity contribution in [1.82, 2.24) is 0 Å². The van der Waals surface area contributed by atoms with Crippen molar-refractivity contribution in [3.63, 3.8) is 0 Å². The molecule has 0 saturated heterocycles. The van der Waals surface area contributed by atoms with E-state index in [9.17, 15) is 4.79 Å². The SMILES string of the molecule is CC1(C)C2CC(=O)C1(C)C(Cl)C2. The van der Waals surface area contributed by atoms with Crippen LogP contribution in [-0.4, -0.2) is 11.2 Å². The molecule has 12 heavy (non-hydrogen) atoms. The molecule has 2 aliphatic rings. The van der Waals surface area contributed by atoms with Gasteiger partial charge in [0, 0.05) is 17.2 Å². The molecule has 0 aromatic heterocycles. The molecular weight excluding hydrogens is 172 g/mol. The first-order valence-corrected chi connectivity index (χ1v) is 5.01. The summed E-state index contributed by atoms with van der Waals surface area (Å²) < 4.78 is 0. The number of alkyl halides is 1. The molecule has 0 amide bonds. The number of ketones is 1. The number of carbonyl (C=O) groups excluding carboxylic acids is 1. The molecule has 2 fully saturated rings. The van der Waals surface area contributed by atoms with Crippen LogP contribution in [0.3, 0.4) is 0 Å². The molecule has 3 atom stereocenters. The van der Waals surface area contributed by atoms with Crippen LogP contribution in [0.15, 0.2) is 0 Å². The lowest BCUT2D eigenvalue weighted by Gasteiger charge is -2.34. The predicted octanol–water partition coefficient (Wildman–Crippen LogP) is 2.62. The number of rotatable bonds is 0. The zero-order valence-corrected chi connectivity index (χ0v) is 8.61. The molecule has 0 spiro atoms. The first kappa shape index (κ1) is 8.55. The summed E-state index contributed by atoms with van der Waals surface area (Å²) in [6, 6.07) is 0. The van der Waals surface area contributed by atoms with Gasteiger partial charge in [0.2, 0.25) is 0 Å². The number of carbonyl (C=O) groups is 1. The van der Waals surface area contributed by atoms with Gasteiger partial charge in [-0.2, -0.15) is 0 Å². The fraction of sp³-hybridized carbons (Fsp3) is 0.900. The summed E-state index contributed by atoms with van der Waals surface area (Å²) in [5, 5.41) is 0.0683. The fourth-order valence-electron chi connectivity index (χ4n) is 2.92. The standard InChI is InChI=1S/C10H15ClO/c1-9(2)6-4-7(11)10(9,3)8(12)5-6/h6-7H,4-5H2,1-3H3. The second-order valence-electron chi connectivity index (χ2n) is 4.95. The highest BCUT2D eigenvalue weighted by Crippen LogP contribution is 2.65. The highest BCUT2D eigenvalue weighted by molar-refractivity contribution is 6.23. The van der Waals surface area contributed by atoms with E-state index in [0.717, 1.165) is 12.8 Å². The zero-order valence-electron chi connectivity index (χ0n) is 7.86. The third kappa shape index (κ3) is 0.654. The Kier molecular flexibility index (Phi) is 1.47. The lowest BCUT2D eigenvalue weighted by Crippen LogP contribution is -2.39. The maximum atomic E-state index is 11.7. The van der Waals surface area contributed by atoms with Crippen LogP contribution in [0.25, 0.3) is 0 Å². The minimum Gasteiger partial charge on any atom is -0.299 e. The summed E-state index contributed by atoms with van der Waals surface area (Å²) in [5.74, 6) is 0.904. The summed E-state index contributed by atoms with van der Waals surface area (Å²) in [5.41, 5.74) is -0.129. The van der Waals surface area contributed by atoms with Crippen molar-refractivity contribution in [3.8, 4) is 0 Å². The minimum atomic E-state index is -0.251. The number of Topliss-reactive ketones (excluding diaryl/α,β-unsaturated/α-hetero) is 1. The first-order valence-electron chi connectivity index (χ1n) is 4.58. The third-order valence-corrected chi connectivity index (χ3v) is 5.10. The van der Waals surface area contributed by atoms with Gasteiger partial charge in [-0.3, -0.25) is 4.79 Å². The Labute approximate surface area is 78.5 Å². The molecule has 2 rings (SSSR count). The maximum absolute atomic E-state index is 11.7. The molecule has 2 heteroatoms. The van der Waals surface area contributed by atoms with E-state index in [2.05, 4.69) is 13.8 Å². The van der Waals surface area contributed by atoms with Crippen LogP contribution in [0.4, 0.5) is 0 Å². The van der Waals surface area contributed by atoms with Crippen molar-refractivity contribution >= 4 is 17.4 Å². The van der Waals surface area contributed by atoms with E-state index in [1.807, 2.05) is 6.92 Å². The van der Waals surface area contributed by atoms with Crippen LogP contribution < -0.4 is 0 Å². The van der Waals surface area contributed by atoms with Crippen molar-refractivity contribution in [2.75, 3.05) is 0 Å². The Balaban J connectivity index is 2.51. The molecule has 3 unspecified atom stereocenters. The monoisotopic (exact) mass is 186 g/mol. The highest BCUT2D eigenvalue weighted by Gasteiger charge is 2.65. The lowest BCUT2D eigenvalue weighted by molar-refractivity contribution is -0.127. The molecule has 2 saturated carbocycles. The van der Waals surface area contributed by atoms with E-state index in [0.29, 0.717) is 11.7 Å². The van der Waals surface area contributed by atoms with Crippen molar-refractivity contribution in [1.29, 1.82) is 0 Å². The number of hydrogen-bond acceptors (Lipinski definition) is 1. The molecule has 0 aromatic carbocycles. The van der Waals surface area contributed by atoms with Crippen molar-refractivity contribution in [3.05, 3.63) is 0 Å². The van der Waals surface area contributed by atoms with Gasteiger partial charge in [-0.15, -0.1) is 11.6 Å². The normalized spacial score (nSPS) is 50.2. The molecule has 0 heterocycles. The minimum absolute atomic E-state index is 0.0683. The number of fused-ring (bicyclic) bond motifs is 2. The Morgan fingerprint density at radius 2 is 2.00 bits per heavy atom. The molecule has 2 bridgehead atoms. The van der Waals surface area contributed by atoms with Crippen LogP contribution in [0.2, 0.25) is 0 Å². The average molecular weight is 187 g/mol. The Morgan fingerprint density at radius 1 is 1.42 bits per heavy atom. The van der Waals surface area contributed by atoms with Crippen LogP contribution in [0.1, 0.15) is 33.6 Å². The Hall–Kier alpha value is -0.0400. The van der Waals surface area contributed by atoms with Gasteiger partial charge < -0.3 is 0 Å². The predicted molar refractivity (Wildman–Crippen MR) is 49.3 cm³/mol. The van der Waals surface area contributed by atoms with Gasteiger partial charge in [0.05, 0.1) is 0 Å². The van der Waals surface area contributed by atoms with Gasteiger partial charge in [0.1, 0.15) is 5.78 Å². The molecule has 0 radical (unpaired) electrons. The van der Waals surface area contributed by atoms with Crippen LogP contribution in [0.5, 0.6) is 0 Å². The second kappa shape index (κ2) is 2.06. The summed E-state index contributed by atoms with van der Waals surface area (Å²) in [6.07, 6.45) is 1.78. The largest absolute Gasteiger partial charge is 0.299 e. The number of halogens is 1. The summed E-state index contributed by atoms with van der Waals surface area (Å²) in [4.78, 5) is 11.7. The van der Waals surface area contributed by atoms with Gasteiger partial charge in [0.15, 0.2) is 0 Å². The summed E-state index contributed by atoms with van der Waals surface area (Å²) >= 11 is 6.21. The Morgan fingerprint density at radius 3 is 2.25 bits per heavy atom. The van der Waals surface area contributed by atoms with Crippen molar-refractivity contribution in [2.45, 2.75) is 39.0 Å². The van der Waals surface area contributed by atoms with E-state index in [1.165, 1.54) is 0 Å². The molecular formula is C10H15ClO. The second-order valence-corrected chi connectivity index (χ2v) is 5.48. The molecule has 68 valence electrons.